The largest absolute Gasteiger partial charge is 0.548 e. The number of carbonyl (C=O) groups is 3. The van der Waals surface area contributed by atoms with Crippen molar-refractivity contribution < 1.29 is 28.8 Å². The van der Waals surface area contributed by atoms with Gasteiger partial charge < -0.3 is 25.0 Å². The molecule has 0 unspecified atom stereocenters. The molecule has 0 fully saturated rings. The zero-order valence-corrected chi connectivity index (χ0v) is 13.1. The Kier molecular flexibility index (Phi) is 5.83. The number of nitrogens with zero attached hydrogens (tertiary/aromatic N) is 1. The third kappa shape index (κ3) is 5.03. The van der Waals surface area contributed by atoms with E-state index in [0.717, 1.165) is 0 Å². The van der Waals surface area contributed by atoms with Gasteiger partial charge in [0.15, 0.2) is 5.76 Å². The molecule has 26 heavy (non-hydrogen) atoms. The van der Waals surface area contributed by atoms with Gasteiger partial charge in [-0.2, -0.15) is 0 Å². The molecule has 0 aliphatic carbocycles. The van der Waals surface area contributed by atoms with Crippen LogP contribution >= 0.6 is 0 Å². The van der Waals surface area contributed by atoms with E-state index in [1.807, 2.05) is 0 Å². The molecule has 10 nitrogen and oxygen atoms in total. The van der Waals surface area contributed by atoms with Crippen LogP contribution < -0.4 is 15.7 Å². The number of furan rings is 1. The average molecular weight is 358 g/mol. The molecule has 2 aromatic rings. The topological polar surface area (TPSA) is 155 Å². The van der Waals surface area contributed by atoms with Gasteiger partial charge in [-0.15, -0.1) is 0 Å². The summed E-state index contributed by atoms with van der Waals surface area (Å²) in [6.07, 6.45) is 2.50. The Balaban J connectivity index is 2.26. The summed E-state index contributed by atoms with van der Waals surface area (Å²) in [4.78, 5) is 44.7. The fourth-order valence-corrected chi connectivity index (χ4v) is 1.86. The number of non-ortho nitro benzene ring substituents is 1. The number of carboxylic acids is 1. The van der Waals surface area contributed by atoms with Crippen LogP contribution in [0.25, 0.3) is 6.08 Å². The number of nitrogens with one attached hydrogen (secondary N) is 2. The highest BCUT2D eigenvalue weighted by molar-refractivity contribution is 6.04. The van der Waals surface area contributed by atoms with E-state index in [1.165, 1.54) is 48.7 Å². The van der Waals surface area contributed by atoms with Crippen LogP contribution in [0, 0.1) is 10.1 Å². The monoisotopic (exact) mass is 358 g/mol. The van der Waals surface area contributed by atoms with Crippen molar-refractivity contribution in [2.75, 3.05) is 6.54 Å². The van der Waals surface area contributed by atoms with Crippen LogP contribution in [0.2, 0.25) is 0 Å². The molecule has 0 saturated carbocycles. The zero-order valence-electron chi connectivity index (χ0n) is 13.1. The molecule has 2 N–H and O–H groups in total. The fraction of sp³-hybridized carbons (Fsp3) is 0.0625. The summed E-state index contributed by atoms with van der Waals surface area (Å²) in [5, 5.41) is 25.5. The van der Waals surface area contributed by atoms with Crippen molar-refractivity contribution in [3.05, 3.63) is 69.8 Å². The third-order valence-corrected chi connectivity index (χ3v) is 3.05. The second-order valence-electron chi connectivity index (χ2n) is 4.89. The van der Waals surface area contributed by atoms with Gasteiger partial charge in [0.05, 0.1) is 23.7 Å². The number of carboxylic acid groups (broad SMARTS) is 1. The first-order valence-corrected chi connectivity index (χ1v) is 7.16. The first-order valence-electron chi connectivity index (χ1n) is 7.16. The molecule has 1 heterocycles. The molecule has 2 rings (SSSR count). The molecule has 10 heteroatoms. The van der Waals surface area contributed by atoms with Gasteiger partial charge in [-0.3, -0.25) is 19.7 Å². The van der Waals surface area contributed by atoms with E-state index in [4.69, 9.17) is 4.42 Å². The highest BCUT2D eigenvalue weighted by Gasteiger charge is 2.16. The van der Waals surface area contributed by atoms with Crippen molar-refractivity contribution in [2.45, 2.75) is 0 Å². The second kappa shape index (κ2) is 8.24. The van der Waals surface area contributed by atoms with E-state index in [1.54, 1.807) is 0 Å². The van der Waals surface area contributed by atoms with Crippen LogP contribution in [0.15, 0.2) is 52.8 Å². The van der Waals surface area contributed by atoms with Gasteiger partial charge >= 0.3 is 0 Å². The van der Waals surface area contributed by atoms with E-state index in [-0.39, 0.29) is 17.1 Å². The second-order valence-corrected chi connectivity index (χ2v) is 4.89. The number of nitro benzene ring substituents is 1. The quantitative estimate of drug-likeness (QED) is 0.395. The number of nitro groups is 1. The van der Waals surface area contributed by atoms with E-state index in [2.05, 4.69) is 10.6 Å². The van der Waals surface area contributed by atoms with Crippen molar-refractivity contribution in [2.24, 2.45) is 0 Å². The maximum Gasteiger partial charge on any atom is 0.291 e. The van der Waals surface area contributed by atoms with Crippen LogP contribution in [-0.4, -0.2) is 29.3 Å². The lowest BCUT2D eigenvalue weighted by atomic mass is 10.1. The molecule has 0 bridgehead atoms. The molecule has 2 amide bonds. The van der Waals surface area contributed by atoms with Crippen LogP contribution in [-0.2, 0) is 9.59 Å². The van der Waals surface area contributed by atoms with Gasteiger partial charge in [-0.1, -0.05) is 0 Å². The highest BCUT2D eigenvalue weighted by atomic mass is 16.6. The van der Waals surface area contributed by atoms with Crippen molar-refractivity contribution >= 4 is 29.5 Å². The maximum absolute atomic E-state index is 12.1. The van der Waals surface area contributed by atoms with E-state index in [0.29, 0.717) is 5.56 Å². The Morgan fingerprint density at radius 2 is 1.85 bits per heavy atom. The first kappa shape index (κ1) is 18.4. The Bertz CT molecular complexity index is 854. The number of amides is 2. The summed E-state index contributed by atoms with van der Waals surface area (Å²) in [7, 11) is 0. The minimum absolute atomic E-state index is 0.0627. The minimum atomic E-state index is -1.51. The van der Waals surface area contributed by atoms with E-state index >= 15 is 0 Å². The standard InChI is InChI=1S/C16H13N3O7/c20-14(21)9-17-15(22)12(18-16(23)13-2-1-7-26-13)8-10-3-5-11(6-4-10)19(24)25/h1-8H,9H2,(H,17,22)(H,18,23)(H,20,21)/p-1. The number of aliphatic carboxylic acids is 1. The summed E-state index contributed by atoms with van der Waals surface area (Å²) < 4.78 is 4.92. The van der Waals surface area contributed by atoms with Gasteiger partial charge in [0.1, 0.15) is 5.70 Å². The van der Waals surface area contributed by atoms with Crippen LogP contribution in [0.3, 0.4) is 0 Å². The smallest absolute Gasteiger partial charge is 0.291 e. The Labute approximate surface area is 146 Å². The molecular weight excluding hydrogens is 346 g/mol. The summed E-state index contributed by atoms with van der Waals surface area (Å²) in [5.74, 6) is -3.18. The number of hydrogen-bond acceptors (Lipinski definition) is 7. The van der Waals surface area contributed by atoms with Gasteiger partial charge in [-0.05, 0) is 35.9 Å². The Morgan fingerprint density at radius 3 is 2.38 bits per heavy atom. The van der Waals surface area contributed by atoms with E-state index in [9.17, 15) is 29.6 Å². The molecule has 0 radical (unpaired) electrons. The van der Waals surface area contributed by atoms with Crippen LogP contribution in [0.1, 0.15) is 16.1 Å². The van der Waals surface area contributed by atoms with Gasteiger partial charge in [-0.25, -0.2) is 0 Å². The fourth-order valence-electron chi connectivity index (χ4n) is 1.86. The lowest BCUT2D eigenvalue weighted by Gasteiger charge is -2.10. The van der Waals surface area contributed by atoms with Crippen molar-refractivity contribution in [1.29, 1.82) is 0 Å². The SMILES string of the molecule is O=C([O-])CNC(=O)C(=Cc1ccc([N+](=O)[O-])cc1)NC(=O)c1ccco1. The lowest BCUT2D eigenvalue weighted by Crippen LogP contribution is -2.41. The number of rotatable bonds is 7. The summed E-state index contributed by atoms with van der Waals surface area (Å²) >= 11 is 0. The first-order chi connectivity index (χ1) is 12.4. The Morgan fingerprint density at radius 1 is 1.15 bits per heavy atom. The van der Waals surface area contributed by atoms with Crippen molar-refractivity contribution in [3.63, 3.8) is 0 Å². The minimum Gasteiger partial charge on any atom is -0.548 e. The summed E-state index contributed by atoms with van der Waals surface area (Å²) in [6.45, 7) is -0.757. The van der Waals surface area contributed by atoms with Crippen molar-refractivity contribution in [3.8, 4) is 0 Å². The molecule has 0 aliphatic rings. The average Bonchev–Trinajstić information content (AvgIpc) is 3.14. The number of hydrogen-bond donors (Lipinski definition) is 2. The normalized spacial score (nSPS) is 10.8. The predicted molar refractivity (Wildman–Crippen MR) is 85.3 cm³/mol. The van der Waals surface area contributed by atoms with Crippen LogP contribution in [0.4, 0.5) is 5.69 Å². The van der Waals surface area contributed by atoms with Crippen LogP contribution in [0.5, 0.6) is 0 Å². The molecule has 1 aromatic heterocycles. The summed E-state index contributed by atoms with van der Waals surface area (Å²) in [5.41, 5.74) is -0.0554. The molecule has 0 atom stereocenters. The molecule has 134 valence electrons. The van der Waals surface area contributed by atoms with Gasteiger partial charge in [0.2, 0.25) is 0 Å². The number of benzene rings is 1. The lowest BCUT2D eigenvalue weighted by molar-refractivity contribution is -0.384. The zero-order chi connectivity index (χ0) is 19.1. The van der Waals surface area contributed by atoms with Gasteiger partial charge in [0.25, 0.3) is 17.5 Å². The third-order valence-electron chi connectivity index (χ3n) is 3.05. The molecule has 0 aliphatic heterocycles. The van der Waals surface area contributed by atoms with Crippen molar-refractivity contribution in [1.82, 2.24) is 10.6 Å². The number of carbonyl (C=O) groups excluding carboxylic acids is 3. The van der Waals surface area contributed by atoms with E-state index < -0.39 is 29.3 Å². The maximum atomic E-state index is 12.1. The summed E-state index contributed by atoms with van der Waals surface area (Å²) in [6, 6.07) is 8.02. The molecule has 0 spiro atoms. The van der Waals surface area contributed by atoms with Gasteiger partial charge in [0, 0.05) is 12.1 Å². The molecule has 0 saturated heterocycles. The highest BCUT2D eigenvalue weighted by Crippen LogP contribution is 2.14. The molecule has 1 aromatic carbocycles. The Hall–Kier alpha value is -3.95. The predicted octanol–water partition coefficient (Wildman–Crippen LogP) is -0.175. The molecular formula is C16H12N3O7-.